The summed E-state index contributed by atoms with van der Waals surface area (Å²) in [5, 5.41) is 19.8. The lowest BCUT2D eigenvalue weighted by molar-refractivity contribution is 0.399. The fraction of sp³-hybridized carbons (Fsp3) is 0.316. The lowest BCUT2D eigenvalue weighted by Gasteiger charge is -2.13. The SMILES string of the molecule is CCCCn1c(O)c(C=Nc2ccc(OC)cc2)c(C)c(C#N)c1=O. The molecule has 0 aliphatic rings. The highest BCUT2D eigenvalue weighted by atomic mass is 16.5. The highest BCUT2D eigenvalue weighted by Gasteiger charge is 2.17. The van der Waals surface area contributed by atoms with Crippen LogP contribution in [-0.4, -0.2) is 23.0 Å². The number of hydrogen-bond donors (Lipinski definition) is 1. The Bertz CT molecular complexity index is 875. The largest absolute Gasteiger partial charge is 0.497 e. The minimum absolute atomic E-state index is 0.0325. The van der Waals surface area contributed by atoms with Crippen LogP contribution in [0.25, 0.3) is 0 Å². The van der Waals surface area contributed by atoms with Gasteiger partial charge in [-0.05, 0) is 43.2 Å². The molecule has 0 atom stereocenters. The topological polar surface area (TPSA) is 87.6 Å². The third-order valence-electron chi connectivity index (χ3n) is 4.00. The van der Waals surface area contributed by atoms with Crippen LogP contribution in [0, 0.1) is 18.3 Å². The van der Waals surface area contributed by atoms with E-state index in [1.54, 1.807) is 38.3 Å². The van der Waals surface area contributed by atoms with Gasteiger partial charge in [0.25, 0.3) is 5.56 Å². The molecule has 6 nitrogen and oxygen atoms in total. The Hall–Kier alpha value is -3.07. The smallest absolute Gasteiger partial charge is 0.271 e. The summed E-state index contributed by atoms with van der Waals surface area (Å²) in [7, 11) is 1.59. The van der Waals surface area contributed by atoms with Gasteiger partial charge in [0.2, 0.25) is 5.88 Å². The average molecular weight is 339 g/mol. The zero-order valence-electron chi connectivity index (χ0n) is 14.6. The molecule has 25 heavy (non-hydrogen) atoms. The number of benzene rings is 1. The molecule has 0 bridgehead atoms. The highest BCUT2D eigenvalue weighted by molar-refractivity contribution is 5.87. The fourth-order valence-corrected chi connectivity index (χ4v) is 2.46. The molecule has 6 heteroatoms. The number of pyridine rings is 1. The van der Waals surface area contributed by atoms with Gasteiger partial charge < -0.3 is 9.84 Å². The molecule has 1 aromatic carbocycles. The van der Waals surface area contributed by atoms with Crippen molar-refractivity contribution in [2.75, 3.05) is 7.11 Å². The molecular formula is C19H21N3O3. The van der Waals surface area contributed by atoms with Crippen LogP contribution in [0.15, 0.2) is 34.1 Å². The van der Waals surface area contributed by atoms with Crippen molar-refractivity contribution in [2.24, 2.45) is 4.99 Å². The maximum absolute atomic E-state index is 12.4. The van der Waals surface area contributed by atoms with Crippen LogP contribution in [0.3, 0.4) is 0 Å². The molecule has 0 saturated carbocycles. The van der Waals surface area contributed by atoms with Crippen LogP contribution >= 0.6 is 0 Å². The minimum atomic E-state index is -0.465. The van der Waals surface area contributed by atoms with E-state index in [1.165, 1.54) is 10.8 Å². The molecule has 1 heterocycles. The lowest BCUT2D eigenvalue weighted by atomic mass is 10.1. The summed E-state index contributed by atoms with van der Waals surface area (Å²) in [6, 6.07) is 9.05. The van der Waals surface area contributed by atoms with E-state index >= 15 is 0 Å². The quantitative estimate of drug-likeness (QED) is 0.818. The second kappa shape index (κ2) is 8.15. The normalized spacial score (nSPS) is 10.8. The van der Waals surface area contributed by atoms with Gasteiger partial charge in [-0.3, -0.25) is 14.4 Å². The number of nitriles is 1. The van der Waals surface area contributed by atoms with Gasteiger partial charge in [0, 0.05) is 12.8 Å². The Morgan fingerprint density at radius 1 is 1.36 bits per heavy atom. The molecule has 2 aromatic rings. The van der Waals surface area contributed by atoms with E-state index in [0.29, 0.717) is 23.4 Å². The van der Waals surface area contributed by atoms with Gasteiger partial charge in [-0.15, -0.1) is 0 Å². The fourth-order valence-electron chi connectivity index (χ4n) is 2.46. The number of aromatic hydroxyl groups is 1. The maximum atomic E-state index is 12.4. The van der Waals surface area contributed by atoms with Crippen molar-refractivity contribution in [2.45, 2.75) is 33.2 Å². The molecule has 0 saturated heterocycles. The summed E-state index contributed by atoms with van der Waals surface area (Å²) in [5.74, 6) is 0.560. The molecule has 0 aliphatic heterocycles. The first-order chi connectivity index (χ1) is 12.0. The van der Waals surface area contributed by atoms with E-state index in [0.717, 1.165) is 18.6 Å². The van der Waals surface area contributed by atoms with Crippen molar-refractivity contribution in [1.82, 2.24) is 4.57 Å². The lowest BCUT2D eigenvalue weighted by Crippen LogP contribution is -2.25. The predicted molar refractivity (Wildman–Crippen MR) is 97.0 cm³/mol. The zero-order chi connectivity index (χ0) is 18.4. The Kier molecular flexibility index (Phi) is 5.96. The molecule has 0 radical (unpaired) electrons. The molecule has 2 rings (SSSR count). The molecule has 1 N–H and O–H groups in total. The zero-order valence-corrected chi connectivity index (χ0v) is 14.6. The molecule has 0 amide bonds. The predicted octanol–water partition coefficient (Wildman–Crippen LogP) is 3.29. The number of hydrogen-bond acceptors (Lipinski definition) is 5. The van der Waals surface area contributed by atoms with Crippen LogP contribution in [0.2, 0.25) is 0 Å². The summed E-state index contributed by atoms with van der Waals surface area (Å²) in [6.45, 7) is 3.99. The maximum Gasteiger partial charge on any atom is 0.271 e. The van der Waals surface area contributed by atoms with Crippen molar-refractivity contribution in [3.8, 4) is 17.7 Å². The Morgan fingerprint density at radius 2 is 2.04 bits per heavy atom. The number of nitrogens with zero attached hydrogens (tertiary/aromatic N) is 3. The Balaban J connectivity index is 2.50. The van der Waals surface area contributed by atoms with Crippen LogP contribution in [-0.2, 0) is 6.54 Å². The molecule has 0 unspecified atom stereocenters. The van der Waals surface area contributed by atoms with E-state index in [9.17, 15) is 15.2 Å². The van der Waals surface area contributed by atoms with Gasteiger partial charge in [-0.25, -0.2) is 0 Å². The number of ether oxygens (including phenoxy) is 1. The summed E-state index contributed by atoms with van der Waals surface area (Å²) in [5.41, 5.74) is 1.04. The summed E-state index contributed by atoms with van der Waals surface area (Å²) in [4.78, 5) is 16.7. The van der Waals surface area contributed by atoms with Gasteiger partial charge in [0.15, 0.2) is 0 Å². The molecule has 1 aromatic heterocycles. The van der Waals surface area contributed by atoms with Gasteiger partial charge >= 0.3 is 0 Å². The molecular weight excluding hydrogens is 318 g/mol. The number of unbranched alkanes of at least 4 members (excludes halogenated alkanes) is 1. The van der Waals surface area contributed by atoms with Crippen molar-refractivity contribution in [3.63, 3.8) is 0 Å². The van der Waals surface area contributed by atoms with Gasteiger partial charge in [0.1, 0.15) is 17.4 Å². The summed E-state index contributed by atoms with van der Waals surface area (Å²) < 4.78 is 6.34. The van der Waals surface area contributed by atoms with E-state index < -0.39 is 5.56 Å². The van der Waals surface area contributed by atoms with E-state index in [2.05, 4.69) is 4.99 Å². The number of rotatable bonds is 6. The van der Waals surface area contributed by atoms with E-state index in [-0.39, 0.29) is 11.4 Å². The second-order valence-corrected chi connectivity index (χ2v) is 5.62. The Labute approximate surface area is 146 Å². The van der Waals surface area contributed by atoms with E-state index in [4.69, 9.17) is 4.74 Å². The van der Waals surface area contributed by atoms with Crippen LogP contribution < -0.4 is 10.3 Å². The van der Waals surface area contributed by atoms with E-state index in [1.807, 2.05) is 13.0 Å². The Morgan fingerprint density at radius 3 is 2.60 bits per heavy atom. The van der Waals surface area contributed by atoms with Crippen LogP contribution in [0.1, 0.15) is 36.5 Å². The van der Waals surface area contributed by atoms with Crippen LogP contribution in [0.5, 0.6) is 11.6 Å². The van der Waals surface area contributed by atoms with Gasteiger partial charge in [-0.2, -0.15) is 5.26 Å². The third kappa shape index (κ3) is 3.89. The van der Waals surface area contributed by atoms with Gasteiger partial charge in [-0.1, -0.05) is 13.3 Å². The average Bonchev–Trinajstić information content (AvgIpc) is 2.62. The van der Waals surface area contributed by atoms with Crippen molar-refractivity contribution in [1.29, 1.82) is 5.26 Å². The summed E-state index contributed by atoms with van der Waals surface area (Å²) >= 11 is 0. The highest BCUT2D eigenvalue weighted by Crippen LogP contribution is 2.22. The monoisotopic (exact) mass is 339 g/mol. The third-order valence-corrected chi connectivity index (χ3v) is 4.00. The van der Waals surface area contributed by atoms with Crippen molar-refractivity contribution < 1.29 is 9.84 Å². The first-order valence-corrected chi connectivity index (χ1v) is 8.08. The number of aliphatic imine (C=N–C) groups is 1. The molecule has 0 spiro atoms. The first kappa shape index (κ1) is 18.3. The second-order valence-electron chi connectivity index (χ2n) is 5.62. The summed E-state index contributed by atoms with van der Waals surface area (Å²) in [6.07, 6.45) is 3.09. The number of aromatic nitrogens is 1. The van der Waals surface area contributed by atoms with Crippen LogP contribution in [0.4, 0.5) is 5.69 Å². The molecule has 130 valence electrons. The van der Waals surface area contributed by atoms with Crippen molar-refractivity contribution in [3.05, 3.63) is 51.3 Å². The number of methoxy groups -OCH3 is 1. The molecule has 0 fully saturated rings. The van der Waals surface area contributed by atoms with Gasteiger partial charge in [0.05, 0.1) is 18.4 Å². The standard InChI is InChI=1S/C19H21N3O3/c1-4-5-10-22-18(23)16(11-20)13(2)17(19(22)24)12-21-14-6-8-15(25-3)9-7-14/h6-9,12,24H,4-5,10H2,1-3H3. The van der Waals surface area contributed by atoms with Crippen molar-refractivity contribution >= 4 is 11.9 Å². The first-order valence-electron chi connectivity index (χ1n) is 8.08. The minimum Gasteiger partial charge on any atom is -0.497 e. The molecule has 0 aliphatic carbocycles.